The molecular formula is C14H27N3O2. The molecule has 0 aromatic carbocycles. The lowest BCUT2D eigenvalue weighted by molar-refractivity contribution is -0.143. The van der Waals surface area contributed by atoms with Gasteiger partial charge in [0, 0.05) is 38.3 Å². The lowest BCUT2D eigenvalue weighted by Gasteiger charge is -2.47. The molecule has 0 radical (unpaired) electrons. The number of carbonyl (C=O) groups is 1. The van der Waals surface area contributed by atoms with Gasteiger partial charge in [0.1, 0.15) is 0 Å². The predicted octanol–water partition coefficient (Wildman–Crippen LogP) is 0.308. The first-order valence-corrected chi connectivity index (χ1v) is 7.19. The highest BCUT2D eigenvalue weighted by Crippen LogP contribution is 2.22. The Kier molecular flexibility index (Phi) is 4.18. The molecule has 0 aromatic rings. The molecule has 2 heterocycles. The van der Waals surface area contributed by atoms with E-state index in [1.807, 2.05) is 18.7 Å². The third kappa shape index (κ3) is 3.68. The van der Waals surface area contributed by atoms with Gasteiger partial charge in [-0.15, -0.1) is 0 Å². The minimum Gasteiger partial charge on any atom is -0.379 e. The molecule has 5 heteroatoms. The van der Waals surface area contributed by atoms with Crippen molar-refractivity contribution in [3.8, 4) is 0 Å². The van der Waals surface area contributed by atoms with E-state index in [-0.39, 0.29) is 11.4 Å². The molecule has 1 N–H and O–H groups in total. The Morgan fingerprint density at radius 3 is 2.42 bits per heavy atom. The molecule has 2 saturated heterocycles. The minimum absolute atomic E-state index is 0.0254. The third-order valence-electron chi connectivity index (χ3n) is 3.85. The Labute approximate surface area is 116 Å². The molecule has 0 aliphatic carbocycles. The number of nitrogens with zero attached hydrogens (tertiary/aromatic N) is 2. The fraction of sp³-hybridized carbons (Fsp3) is 0.929. The minimum atomic E-state index is -0.466. The summed E-state index contributed by atoms with van der Waals surface area (Å²) in [5.74, 6) is 0.208. The van der Waals surface area contributed by atoms with Gasteiger partial charge in [-0.05, 0) is 27.7 Å². The van der Waals surface area contributed by atoms with Crippen molar-refractivity contribution in [1.82, 2.24) is 15.1 Å². The van der Waals surface area contributed by atoms with E-state index in [1.165, 1.54) is 0 Å². The number of piperazine rings is 1. The summed E-state index contributed by atoms with van der Waals surface area (Å²) >= 11 is 0. The number of nitrogens with one attached hydrogen (secondary N) is 1. The van der Waals surface area contributed by atoms with E-state index >= 15 is 0 Å². The normalized spacial score (nSPS) is 27.6. The molecule has 0 spiro atoms. The van der Waals surface area contributed by atoms with Crippen LogP contribution in [-0.2, 0) is 9.53 Å². The van der Waals surface area contributed by atoms with Gasteiger partial charge in [-0.1, -0.05) is 0 Å². The van der Waals surface area contributed by atoms with Gasteiger partial charge < -0.3 is 9.64 Å². The lowest BCUT2D eigenvalue weighted by atomic mass is 9.90. The number of ether oxygens (including phenoxy) is 1. The van der Waals surface area contributed by atoms with Gasteiger partial charge in [-0.25, -0.2) is 0 Å². The Bertz CT molecular complexity index is 336. The quantitative estimate of drug-likeness (QED) is 0.801. The molecule has 5 nitrogen and oxygen atoms in total. The molecule has 0 bridgehead atoms. The van der Waals surface area contributed by atoms with Crippen molar-refractivity contribution in [2.24, 2.45) is 0 Å². The maximum Gasteiger partial charge on any atom is 0.242 e. The number of amides is 1. The summed E-state index contributed by atoms with van der Waals surface area (Å²) in [5.41, 5.74) is -0.491. The number of rotatable bonds is 3. The smallest absolute Gasteiger partial charge is 0.242 e. The third-order valence-corrected chi connectivity index (χ3v) is 3.85. The van der Waals surface area contributed by atoms with Crippen LogP contribution in [0.3, 0.4) is 0 Å². The maximum absolute atomic E-state index is 12.4. The van der Waals surface area contributed by atoms with Crippen molar-refractivity contribution in [3.63, 3.8) is 0 Å². The van der Waals surface area contributed by atoms with Crippen LogP contribution in [0, 0.1) is 0 Å². The van der Waals surface area contributed by atoms with Gasteiger partial charge in [-0.3, -0.25) is 15.0 Å². The van der Waals surface area contributed by atoms with E-state index in [9.17, 15) is 4.79 Å². The largest absolute Gasteiger partial charge is 0.379 e. The van der Waals surface area contributed by atoms with Gasteiger partial charge in [0.05, 0.1) is 18.8 Å². The zero-order chi connectivity index (χ0) is 14.1. The van der Waals surface area contributed by atoms with Gasteiger partial charge in [0.15, 0.2) is 0 Å². The van der Waals surface area contributed by atoms with Crippen molar-refractivity contribution < 1.29 is 9.53 Å². The zero-order valence-electron chi connectivity index (χ0n) is 12.7. The van der Waals surface area contributed by atoms with Crippen LogP contribution in [0.25, 0.3) is 0 Å². The number of hydrogen-bond acceptors (Lipinski definition) is 4. The summed E-state index contributed by atoms with van der Waals surface area (Å²) in [6.07, 6.45) is 0. The number of carbonyl (C=O) groups excluding carboxylic acids is 1. The Balaban J connectivity index is 1.92. The lowest BCUT2D eigenvalue weighted by Crippen LogP contribution is -2.70. The molecule has 19 heavy (non-hydrogen) atoms. The highest BCUT2D eigenvalue weighted by molar-refractivity contribution is 5.86. The fourth-order valence-electron chi connectivity index (χ4n) is 3.15. The van der Waals surface area contributed by atoms with Crippen molar-refractivity contribution in [1.29, 1.82) is 0 Å². The molecule has 0 unspecified atom stereocenters. The van der Waals surface area contributed by atoms with Crippen LogP contribution in [0.5, 0.6) is 0 Å². The van der Waals surface area contributed by atoms with Crippen molar-refractivity contribution in [2.75, 3.05) is 45.9 Å². The van der Waals surface area contributed by atoms with Crippen LogP contribution in [0.2, 0.25) is 0 Å². The van der Waals surface area contributed by atoms with E-state index in [4.69, 9.17) is 4.74 Å². The molecule has 0 atom stereocenters. The van der Waals surface area contributed by atoms with Crippen LogP contribution in [0.4, 0.5) is 0 Å². The summed E-state index contributed by atoms with van der Waals surface area (Å²) in [6.45, 7) is 14.4. The van der Waals surface area contributed by atoms with E-state index in [0.29, 0.717) is 0 Å². The van der Waals surface area contributed by atoms with Gasteiger partial charge in [-0.2, -0.15) is 0 Å². The highest BCUT2D eigenvalue weighted by Gasteiger charge is 2.43. The molecule has 2 aliphatic heterocycles. The molecule has 0 aromatic heterocycles. The summed E-state index contributed by atoms with van der Waals surface area (Å²) in [7, 11) is 0. The molecule has 2 aliphatic rings. The monoisotopic (exact) mass is 269 g/mol. The summed E-state index contributed by atoms with van der Waals surface area (Å²) in [6, 6.07) is 0. The number of morpholine rings is 1. The maximum atomic E-state index is 12.4. The summed E-state index contributed by atoms with van der Waals surface area (Å²) in [4.78, 5) is 16.8. The van der Waals surface area contributed by atoms with Crippen molar-refractivity contribution in [3.05, 3.63) is 0 Å². The van der Waals surface area contributed by atoms with E-state index in [0.717, 1.165) is 45.9 Å². The SMILES string of the molecule is CC1(C)CN(CCN2CCOCC2)C(=O)C(C)(C)N1. The highest BCUT2D eigenvalue weighted by atomic mass is 16.5. The molecular weight excluding hydrogens is 242 g/mol. The van der Waals surface area contributed by atoms with Gasteiger partial charge in [0.25, 0.3) is 0 Å². The van der Waals surface area contributed by atoms with Gasteiger partial charge >= 0.3 is 0 Å². The van der Waals surface area contributed by atoms with Crippen LogP contribution >= 0.6 is 0 Å². The standard InChI is InChI=1S/C14H27N3O2/c1-13(2)11-17(12(18)14(3,4)15-13)6-5-16-7-9-19-10-8-16/h15H,5-11H2,1-4H3. The average molecular weight is 269 g/mol. The van der Waals surface area contributed by atoms with Crippen LogP contribution < -0.4 is 5.32 Å². The second-order valence-corrected chi connectivity index (χ2v) is 6.81. The van der Waals surface area contributed by atoms with Crippen LogP contribution in [0.15, 0.2) is 0 Å². The average Bonchev–Trinajstić information content (AvgIpc) is 2.32. The summed E-state index contributed by atoms with van der Waals surface area (Å²) < 4.78 is 5.35. The Morgan fingerprint density at radius 2 is 1.79 bits per heavy atom. The van der Waals surface area contributed by atoms with Crippen molar-refractivity contribution >= 4 is 5.91 Å². The summed E-state index contributed by atoms with van der Waals surface area (Å²) in [5, 5.41) is 3.42. The number of hydrogen-bond donors (Lipinski definition) is 1. The van der Waals surface area contributed by atoms with Crippen LogP contribution in [-0.4, -0.2) is 72.7 Å². The Hall–Kier alpha value is -0.650. The first-order chi connectivity index (χ1) is 8.80. The fourth-order valence-corrected chi connectivity index (χ4v) is 3.15. The van der Waals surface area contributed by atoms with E-state index < -0.39 is 5.54 Å². The Morgan fingerprint density at radius 1 is 1.16 bits per heavy atom. The second-order valence-electron chi connectivity index (χ2n) is 6.81. The van der Waals surface area contributed by atoms with Crippen molar-refractivity contribution in [2.45, 2.75) is 38.8 Å². The second kappa shape index (κ2) is 5.38. The topological polar surface area (TPSA) is 44.8 Å². The first-order valence-electron chi connectivity index (χ1n) is 7.19. The first kappa shape index (κ1) is 14.8. The molecule has 2 rings (SSSR count). The molecule has 2 fully saturated rings. The van der Waals surface area contributed by atoms with Gasteiger partial charge in [0.2, 0.25) is 5.91 Å². The molecule has 1 amide bonds. The zero-order valence-corrected chi connectivity index (χ0v) is 12.7. The van der Waals surface area contributed by atoms with E-state index in [1.54, 1.807) is 0 Å². The molecule has 110 valence electrons. The van der Waals surface area contributed by atoms with Crippen LogP contribution in [0.1, 0.15) is 27.7 Å². The predicted molar refractivity (Wildman–Crippen MR) is 75.1 cm³/mol. The molecule has 0 saturated carbocycles. The van der Waals surface area contributed by atoms with E-state index in [2.05, 4.69) is 24.1 Å².